The largest absolute Gasteiger partial charge is 0.466 e. The topological polar surface area (TPSA) is 52.6 Å². The predicted octanol–water partition coefficient (Wildman–Crippen LogP) is 0.893. The van der Waals surface area contributed by atoms with Gasteiger partial charge in [0.05, 0.1) is 13.2 Å². The fourth-order valence-electron chi connectivity index (χ4n) is 0.678. The summed E-state index contributed by atoms with van der Waals surface area (Å²) >= 11 is 0. The average molecular weight is 174 g/mol. The standard InChI is InChI=1S/C4H6O2.C4H8O2/c5-4-2-1-3-6-4;1-3-6-4(2)5/h1-3H2;3H2,1-2H3. The Hall–Kier alpha value is -1.06. The Balaban J connectivity index is 0.000000202. The minimum atomic E-state index is -0.211. The fourth-order valence-corrected chi connectivity index (χ4v) is 0.678. The zero-order valence-corrected chi connectivity index (χ0v) is 7.46. The van der Waals surface area contributed by atoms with E-state index in [0.29, 0.717) is 19.6 Å². The van der Waals surface area contributed by atoms with Crippen LogP contribution < -0.4 is 0 Å². The Morgan fingerprint density at radius 1 is 1.67 bits per heavy atom. The second-order valence-corrected chi connectivity index (χ2v) is 2.25. The third-order valence-corrected chi connectivity index (χ3v) is 1.14. The van der Waals surface area contributed by atoms with Crippen molar-refractivity contribution >= 4 is 11.9 Å². The van der Waals surface area contributed by atoms with Crippen LogP contribution in [0.25, 0.3) is 0 Å². The van der Waals surface area contributed by atoms with Gasteiger partial charge < -0.3 is 9.47 Å². The molecule has 0 bridgehead atoms. The number of esters is 2. The average Bonchev–Trinajstić information content (AvgIpc) is 2.40. The van der Waals surface area contributed by atoms with Gasteiger partial charge in [0.15, 0.2) is 0 Å². The van der Waals surface area contributed by atoms with Gasteiger partial charge in [-0.25, -0.2) is 0 Å². The van der Waals surface area contributed by atoms with Crippen molar-refractivity contribution in [3.63, 3.8) is 0 Å². The normalized spacial score (nSPS) is 14.3. The molecule has 0 aromatic rings. The molecule has 1 heterocycles. The highest BCUT2D eigenvalue weighted by Crippen LogP contribution is 2.01. The molecule has 70 valence electrons. The van der Waals surface area contributed by atoms with E-state index >= 15 is 0 Å². The number of cyclic esters (lactones) is 1. The van der Waals surface area contributed by atoms with E-state index in [1.807, 2.05) is 0 Å². The van der Waals surface area contributed by atoms with Crippen LogP contribution in [0.5, 0.6) is 0 Å². The van der Waals surface area contributed by atoms with Crippen LogP contribution in [0.15, 0.2) is 0 Å². The molecule has 0 aromatic carbocycles. The number of rotatable bonds is 1. The molecule has 0 radical (unpaired) electrons. The van der Waals surface area contributed by atoms with Crippen LogP contribution in [0.4, 0.5) is 0 Å². The molecule has 0 aliphatic carbocycles. The summed E-state index contributed by atoms with van der Waals surface area (Å²) < 4.78 is 8.92. The maximum absolute atomic E-state index is 10.0. The van der Waals surface area contributed by atoms with Crippen molar-refractivity contribution in [2.45, 2.75) is 26.7 Å². The highest BCUT2D eigenvalue weighted by atomic mass is 16.5. The van der Waals surface area contributed by atoms with Crippen LogP contribution in [-0.2, 0) is 19.1 Å². The molecule has 0 spiro atoms. The molecule has 0 unspecified atom stereocenters. The van der Waals surface area contributed by atoms with Gasteiger partial charge in [0.25, 0.3) is 0 Å². The van der Waals surface area contributed by atoms with Gasteiger partial charge in [-0.2, -0.15) is 0 Å². The molecule has 4 heteroatoms. The number of carbonyl (C=O) groups is 2. The third-order valence-electron chi connectivity index (χ3n) is 1.14. The summed E-state index contributed by atoms with van der Waals surface area (Å²) in [5, 5.41) is 0. The Morgan fingerprint density at radius 2 is 2.33 bits per heavy atom. The molecule has 1 saturated heterocycles. The Labute approximate surface area is 71.8 Å². The molecular formula is C8H14O4. The Kier molecular flexibility index (Phi) is 6.05. The highest BCUT2D eigenvalue weighted by molar-refractivity contribution is 5.70. The van der Waals surface area contributed by atoms with Crippen LogP contribution in [0, 0.1) is 0 Å². The molecule has 1 rings (SSSR count). The first-order chi connectivity index (χ1) is 5.66. The number of hydrogen-bond donors (Lipinski definition) is 0. The summed E-state index contributed by atoms with van der Waals surface area (Å²) in [6, 6.07) is 0. The maximum atomic E-state index is 10.0. The molecule has 0 N–H and O–H groups in total. The second-order valence-electron chi connectivity index (χ2n) is 2.25. The predicted molar refractivity (Wildman–Crippen MR) is 42.5 cm³/mol. The van der Waals surface area contributed by atoms with E-state index in [1.165, 1.54) is 6.92 Å². The summed E-state index contributed by atoms with van der Waals surface area (Å²) in [6.07, 6.45) is 1.54. The van der Waals surface area contributed by atoms with E-state index in [4.69, 9.17) is 0 Å². The van der Waals surface area contributed by atoms with E-state index in [2.05, 4.69) is 9.47 Å². The fraction of sp³-hybridized carbons (Fsp3) is 0.750. The minimum Gasteiger partial charge on any atom is -0.466 e. The zero-order valence-electron chi connectivity index (χ0n) is 7.46. The summed E-state index contributed by atoms with van der Waals surface area (Å²) in [7, 11) is 0. The van der Waals surface area contributed by atoms with Crippen molar-refractivity contribution in [1.82, 2.24) is 0 Å². The smallest absolute Gasteiger partial charge is 0.305 e. The molecule has 1 fully saturated rings. The SMILES string of the molecule is CCOC(C)=O.O=C1CCCO1. The van der Waals surface area contributed by atoms with Crippen molar-refractivity contribution in [1.29, 1.82) is 0 Å². The van der Waals surface area contributed by atoms with Gasteiger partial charge in [-0.15, -0.1) is 0 Å². The van der Waals surface area contributed by atoms with Crippen LogP contribution in [0.2, 0.25) is 0 Å². The molecule has 1 aliphatic rings. The zero-order chi connectivity index (χ0) is 9.40. The van der Waals surface area contributed by atoms with Crippen LogP contribution in [0.3, 0.4) is 0 Å². The molecule has 4 nitrogen and oxygen atoms in total. The first-order valence-corrected chi connectivity index (χ1v) is 3.95. The van der Waals surface area contributed by atoms with Gasteiger partial charge in [-0.1, -0.05) is 0 Å². The molecule has 0 atom stereocenters. The molecule has 0 amide bonds. The van der Waals surface area contributed by atoms with Crippen molar-refractivity contribution < 1.29 is 19.1 Å². The van der Waals surface area contributed by atoms with Gasteiger partial charge in [-0.05, 0) is 13.3 Å². The van der Waals surface area contributed by atoms with Gasteiger partial charge >= 0.3 is 11.9 Å². The third kappa shape index (κ3) is 7.05. The van der Waals surface area contributed by atoms with Gasteiger partial charge in [0.1, 0.15) is 0 Å². The van der Waals surface area contributed by atoms with Crippen LogP contribution >= 0.6 is 0 Å². The minimum absolute atomic E-state index is 0.0463. The van der Waals surface area contributed by atoms with E-state index < -0.39 is 0 Å². The van der Waals surface area contributed by atoms with E-state index in [9.17, 15) is 9.59 Å². The molecule has 12 heavy (non-hydrogen) atoms. The van der Waals surface area contributed by atoms with E-state index in [-0.39, 0.29) is 11.9 Å². The first-order valence-electron chi connectivity index (χ1n) is 3.95. The molecule has 1 aliphatic heterocycles. The lowest BCUT2D eigenvalue weighted by Crippen LogP contribution is -1.95. The Bertz CT molecular complexity index is 145. The monoisotopic (exact) mass is 174 g/mol. The van der Waals surface area contributed by atoms with Crippen molar-refractivity contribution in [3.8, 4) is 0 Å². The molecule has 0 aromatic heterocycles. The first kappa shape index (κ1) is 10.9. The van der Waals surface area contributed by atoms with Gasteiger partial charge in [-0.3, -0.25) is 9.59 Å². The lowest BCUT2D eigenvalue weighted by Gasteiger charge is -1.89. The lowest BCUT2D eigenvalue weighted by molar-refractivity contribution is -0.140. The number of carbonyl (C=O) groups excluding carboxylic acids is 2. The number of hydrogen-bond acceptors (Lipinski definition) is 4. The Morgan fingerprint density at radius 3 is 2.42 bits per heavy atom. The molecule has 0 saturated carbocycles. The van der Waals surface area contributed by atoms with Crippen molar-refractivity contribution in [3.05, 3.63) is 0 Å². The van der Waals surface area contributed by atoms with Crippen molar-refractivity contribution in [2.24, 2.45) is 0 Å². The second kappa shape index (κ2) is 6.64. The lowest BCUT2D eigenvalue weighted by atomic mass is 10.4. The van der Waals surface area contributed by atoms with Crippen LogP contribution in [-0.4, -0.2) is 25.2 Å². The summed E-state index contributed by atoms with van der Waals surface area (Å²) in [5.74, 6) is -0.257. The van der Waals surface area contributed by atoms with E-state index in [1.54, 1.807) is 6.92 Å². The van der Waals surface area contributed by atoms with Crippen LogP contribution in [0.1, 0.15) is 26.7 Å². The van der Waals surface area contributed by atoms with E-state index in [0.717, 1.165) is 6.42 Å². The summed E-state index contributed by atoms with van der Waals surface area (Å²) in [6.45, 7) is 4.29. The van der Waals surface area contributed by atoms with Gasteiger partial charge in [0.2, 0.25) is 0 Å². The van der Waals surface area contributed by atoms with Gasteiger partial charge in [0, 0.05) is 13.3 Å². The quantitative estimate of drug-likeness (QED) is 0.554. The molecular weight excluding hydrogens is 160 g/mol. The highest BCUT2D eigenvalue weighted by Gasteiger charge is 2.08. The number of ether oxygens (including phenoxy) is 2. The maximum Gasteiger partial charge on any atom is 0.305 e. The summed E-state index contributed by atoms with van der Waals surface area (Å²) in [4.78, 5) is 19.8. The summed E-state index contributed by atoms with van der Waals surface area (Å²) in [5.41, 5.74) is 0. The van der Waals surface area contributed by atoms with Crippen molar-refractivity contribution in [2.75, 3.05) is 13.2 Å².